The van der Waals surface area contributed by atoms with Gasteiger partial charge < -0.3 is 19.7 Å². The van der Waals surface area contributed by atoms with Gasteiger partial charge in [-0.15, -0.1) is 12.4 Å². The highest BCUT2D eigenvalue weighted by molar-refractivity contribution is 6.32. The lowest BCUT2D eigenvalue weighted by molar-refractivity contribution is 0.0796. The van der Waals surface area contributed by atoms with E-state index >= 15 is 0 Å². The second-order valence-corrected chi connectivity index (χ2v) is 5.93. The Kier molecular flexibility index (Phi) is 10.0. The number of ether oxygens (including phenoxy) is 2. The minimum atomic E-state index is -0.106. The van der Waals surface area contributed by atoms with Gasteiger partial charge in [0.2, 0.25) is 0 Å². The van der Waals surface area contributed by atoms with E-state index in [0.29, 0.717) is 41.2 Å². The molecule has 1 aromatic rings. The monoisotopic (exact) mass is 364 g/mol. The minimum Gasteiger partial charge on any atom is -0.493 e. The van der Waals surface area contributed by atoms with E-state index in [1.54, 1.807) is 24.1 Å². The summed E-state index contributed by atoms with van der Waals surface area (Å²) in [5, 5.41) is 3.39. The minimum absolute atomic E-state index is 0. The second kappa shape index (κ2) is 10.6. The maximum absolute atomic E-state index is 12.4. The molecule has 0 radical (unpaired) electrons. The van der Waals surface area contributed by atoms with Crippen LogP contribution in [-0.4, -0.2) is 51.7 Å². The lowest BCUT2D eigenvalue weighted by Gasteiger charge is -2.19. The Morgan fingerprint density at radius 3 is 2.57 bits per heavy atom. The van der Waals surface area contributed by atoms with E-state index in [1.807, 2.05) is 7.05 Å². The summed E-state index contributed by atoms with van der Waals surface area (Å²) in [7, 11) is 5.13. The molecule has 1 rings (SSSR count). The maximum atomic E-state index is 12.4. The van der Waals surface area contributed by atoms with Crippen LogP contribution in [0.1, 0.15) is 24.2 Å². The van der Waals surface area contributed by atoms with Crippen LogP contribution in [0.3, 0.4) is 0 Å². The van der Waals surface area contributed by atoms with E-state index in [2.05, 4.69) is 19.2 Å². The number of carbonyl (C=O) groups excluding carboxylic acids is 1. The average Bonchev–Trinajstić information content (AvgIpc) is 2.49. The van der Waals surface area contributed by atoms with Crippen molar-refractivity contribution in [2.24, 2.45) is 5.92 Å². The number of halogens is 2. The fourth-order valence-electron chi connectivity index (χ4n) is 1.83. The first-order valence-electron chi connectivity index (χ1n) is 7.31. The van der Waals surface area contributed by atoms with Crippen LogP contribution in [-0.2, 0) is 0 Å². The highest BCUT2D eigenvalue weighted by atomic mass is 35.5. The molecule has 0 atom stereocenters. The Balaban J connectivity index is 0.00000484. The predicted octanol–water partition coefficient (Wildman–Crippen LogP) is 3.10. The van der Waals surface area contributed by atoms with Gasteiger partial charge in [-0.1, -0.05) is 25.4 Å². The summed E-state index contributed by atoms with van der Waals surface area (Å²) in [4.78, 5) is 14.0. The van der Waals surface area contributed by atoms with Crippen LogP contribution >= 0.6 is 24.0 Å². The summed E-state index contributed by atoms with van der Waals surface area (Å²) in [5.41, 5.74) is 0.484. The summed E-state index contributed by atoms with van der Waals surface area (Å²) in [6, 6.07) is 3.29. The van der Waals surface area contributed by atoms with E-state index < -0.39 is 0 Å². The molecule has 0 aliphatic rings. The summed E-state index contributed by atoms with van der Waals surface area (Å²) in [5.74, 6) is 1.21. The Hall–Kier alpha value is -1.17. The van der Waals surface area contributed by atoms with Gasteiger partial charge in [0, 0.05) is 25.7 Å². The normalized spacial score (nSPS) is 10.2. The van der Waals surface area contributed by atoms with Crippen molar-refractivity contribution in [2.45, 2.75) is 13.8 Å². The van der Waals surface area contributed by atoms with Crippen molar-refractivity contribution in [1.29, 1.82) is 0 Å². The van der Waals surface area contributed by atoms with Crippen molar-refractivity contribution < 1.29 is 14.3 Å². The van der Waals surface area contributed by atoms with Gasteiger partial charge in [-0.25, -0.2) is 0 Å². The van der Waals surface area contributed by atoms with Gasteiger partial charge in [0.1, 0.15) is 0 Å². The average molecular weight is 365 g/mol. The Labute approximate surface area is 149 Å². The molecule has 132 valence electrons. The van der Waals surface area contributed by atoms with Crippen molar-refractivity contribution in [3.8, 4) is 11.5 Å². The van der Waals surface area contributed by atoms with Crippen LogP contribution in [0, 0.1) is 5.92 Å². The van der Waals surface area contributed by atoms with Gasteiger partial charge in [-0.05, 0) is 25.1 Å². The highest BCUT2D eigenvalue weighted by Gasteiger charge is 2.18. The third kappa shape index (κ3) is 6.45. The zero-order chi connectivity index (χ0) is 16.7. The van der Waals surface area contributed by atoms with Gasteiger partial charge in [0.05, 0.1) is 18.7 Å². The zero-order valence-corrected chi connectivity index (χ0v) is 15.9. The fraction of sp³-hybridized carbons (Fsp3) is 0.562. The Bertz CT molecular complexity index is 510. The zero-order valence-electron chi connectivity index (χ0n) is 14.3. The maximum Gasteiger partial charge on any atom is 0.253 e. The SMILES string of the molecule is CNCCN(C)C(=O)c1cc(Cl)c(OCC(C)C)c(OC)c1.Cl. The molecule has 0 aliphatic carbocycles. The molecule has 1 aromatic carbocycles. The first-order chi connectivity index (χ1) is 10.4. The molecule has 0 unspecified atom stereocenters. The number of hydrogen-bond donors (Lipinski definition) is 1. The largest absolute Gasteiger partial charge is 0.493 e. The molecule has 0 saturated carbocycles. The van der Waals surface area contributed by atoms with Crippen LogP contribution in [0.4, 0.5) is 0 Å². The number of carbonyl (C=O) groups is 1. The standard InChI is InChI=1S/C16H25ClN2O3.ClH/c1-11(2)10-22-15-13(17)8-12(9-14(15)21-5)16(20)19(4)7-6-18-3;/h8-9,11,18H,6-7,10H2,1-5H3;1H. The lowest BCUT2D eigenvalue weighted by atomic mass is 10.1. The van der Waals surface area contributed by atoms with Crippen molar-refractivity contribution >= 4 is 29.9 Å². The number of hydrogen-bond acceptors (Lipinski definition) is 4. The van der Waals surface area contributed by atoms with Gasteiger partial charge in [0.25, 0.3) is 5.91 Å². The van der Waals surface area contributed by atoms with E-state index in [-0.39, 0.29) is 18.3 Å². The van der Waals surface area contributed by atoms with E-state index in [4.69, 9.17) is 21.1 Å². The molecule has 0 bridgehead atoms. The van der Waals surface area contributed by atoms with Crippen LogP contribution in [0.5, 0.6) is 11.5 Å². The molecule has 0 saturated heterocycles. The molecule has 0 heterocycles. The summed E-state index contributed by atoms with van der Waals surface area (Å²) >= 11 is 6.26. The highest BCUT2D eigenvalue weighted by Crippen LogP contribution is 2.37. The number of likely N-dealkylation sites (N-methyl/N-ethyl adjacent to an activating group) is 2. The summed E-state index contributed by atoms with van der Waals surface area (Å²) in [6.07, 6.45) is 0. The number of amides is 1. The molecule has 0 aliphatic heterocycles. The van der Waals surface area contributed by atoms with E-state index in [0.717, 1.165) is 6.54 Å². The molecule has 23 heavy (non-hydrogen) atoms. The van der Waals surface area contributed by atoms with E-state index in [9.17, 15) is 4.79 Å². The number of nitrogens with zero attached hydrogens (tertiary/aromatic N) is 1. The predicted molar refractivity (Wildman–Crippen MR) is 96.5 cm³/mol. The molecule has 1 amide bonds. The molecule has 0 fully saturated rings. The summed E-state index contributed by atoms with van der Waals surface area (Å²) < 4.78 is 11.0. The molecule has 7 heteroatoms. The smallest absolute Gasteiger partial charge is 0.253 e. The van der Waals surface area contributed by atoms with Crippen LogP contribution in [0.25, 0.3) is 0 Å². The number of nitrogens with one attached hydrogen (secondary N) is 1. The van der Waals surface area contributed by atoms with Crippen LogP contribution in [0.2, 0.25) is 5.02 Å². The lowest BCUT2D eigenvalue weighted by Crippen LogP contribution is -2.32. The van der Waals surface area contributed by atoms with Crippen molar-refractivity contribution in [1.82, 2.24) is 10.2 Å². The molecular formula is C16H26Cl2N2O3. The van der Waals surface area contributed by atoms with Crippen LogP contribution < -0.4 is 14.8 Å². The molecule has 5 nitrogen and oxygen atoms in total. The summed E-state index contributed by atoms with van der Waals surface area (Å²) in [6.45, 7) is 5.97. The molecule has 1 N–H and O–H groups in total. The van der Waals surface area contributed by atoms with Gasteiger partial charge in [-0.2, -0.15) is 0 Å². The number of methoxy groups -OCH3 is 1. The number of rotatable bonds is 8. The van der Waals surface area contributed by atoms with E-state index in [1.165, 1.54) is 7.11 Å². The Morgan fingerprint density at radius 2 is 2.04 bits per heavy atom. The number of benzene rings is 1. The molecular weight excluding hydrogens is 339 g/mol. The van der Waals surface area contributed by atoms with Crippen molar-refractivity contribution in [2.75, 3.05) is 40.9 Å². The first kappa shape index (κ1) is 21.8. The van der Waals surface area contributed by atoms with Gasteiger partial charge in [0.15, 0.2) is 11.5 Å². The van der Waals surface area contributed by atoms with Crippen molar-refractivity contribution in [3.05, 3.63) is 22.7 Å². The van der Waals surface area contributed by atoms with Crippen LogP contribution in [0.15, 0.2) is 12.1 Å². The molecule has 0 spiro atoms. The second-order valence-electron chi connectivity index (χ2n) is 5.52. The van der Waals surface area contributed by atoms with Gasteiger partial charge >= 0.3 is 0 Å². The Morgan fingerprint density at radius 1 is 1.39 bits per heavy atom. The first-order valence-corrected chi connectivity index (χ1v) is 7.68. The fourth-order valence-corrected chi connectivity index (χ4v) is 2.10. The van der Waals surface area contributed by atoms with Crippen molar-refractivity contribution in [3.63, 3.8) is 0 Å². The molecule has 0 aromatic heterocycles. The van der Waals surface area contributed by atoms with Gasteiger partial charge in [-0.3, -0.25) is 4.79 Å². The quantitative estimate of drug-likeness (QED) is 0.769. The topological polar surface area (TPSA) is 50.8 Å². The third-order valence-electron chi connectivity index (χ3n) is 3.08. The third-order valence-corrected chi connectivity index (χ3v) is 3.36.